The lowest BCUT2D eigenvalue weighted by molar-refractivity contribution is -0.384. The number of ether oxygens (including phenoxy) is 2. The van der Waals surface area contributed by atoms with Crippen LogP contribution in [0.15, 0.2) is 18.2 Å². The molecular weight excluding hydrogens is 252 g/mol. The van der Waals surface area contributed by atoms with Crippen LogP contribution in [-0.4, -0.2) is 44.3 Å². The Kier molecular flexibility index (Phi) is 3.96. The molecule has 0 radical (unpaired) electrons. The number of hydrogen-bond donors (Lipinski definition) is 0. The van der Waals surface area contributed by atoms with Gasteiger partial charge in [0, 0.05) is 19.2 Å². The number of carbonyl (C=O) groups is 1. The molecule has 0 unspecified atom stereocenters. The quantitative estimate of drug-likeness (QED) is 0.464. The minimum Gasteiger partial charge on any atom is -0.465 e. The van der Waals surface area contributed by atoms with Gasteiger partial charge in [0.05, 0.1) is 30.8 Å². The third kappa shape index (κ3) is 2.82. The van der Waals surface area contributed by atoms with Crippen molar-refractivity contribution in [2.45, 2.75) is 0 Å². The molecule has 1 aliphatic heterocycles. The van der Waals surface area contributed by atoms with Crippen molar-refractivity contribution in [3.63, 3.8) is 0 Å². The molecule has 7 heteroatoms. The summed E-state index contributed by atoms with van der Waals surface area (Å²) < 4.78 is 9.78. The first kappa shape index (κ1) is 13.3. The van der Waals surface area contributed by atoms with Crippen LogP contribution >= 0.6 is 0 Å². The van der Waals surface area contributed by atoms with Crippen molar-refractivity contribution in [3.8, 4) is 0 Å². The number of rotatable bonds is 3. The second kappa shape index (κ2) is 5.66. The Morgan fingerprint density at radius 2 is 2.11 bits per heavy atom. The van der Waals surface area contributed by atoms with Crippen molar-refractivity contribution in [3.05, 3.63) is 33.9 Å². The fourth-order valence-electron chi connectivity index (χ4n) is 1.99. The number of nitro benzene ring substituents is 1. The second-order valence-corrected chi connectivity index (χ2v) is 4.05. The monoisotopic (exact) mass is 266 g/mol. The lowest BCUT2D eigenvalue weighted by Crippen LogP contribution is -2.36. The van der Waals surface area contributed by atoms with Crippen LogP contribution in [0.4, 0.5) is 11.4 Å². The molecule has 1 heterocycles. The van der Waals surface area contributed by atoms with Gasteiger partial charge in [-0.3, -0.25) is 10.1 Å². The molecular formula is C12H14N2O5. The van der Waals surface area contributed by atoms with Crippen LogP contribution in [0.1, 0.15) is 10.4 Å². The summed E-state index contributed by atoms with van der Waals surface area (Å²) in [5.41, 5.74) is 0.581. The Hall–Kier alpha value is -2.15. The van der Waals surface area contributed by atoms with Gasteiger partial charge in [-0.1, -0.05) is 0 Å². The summed E-state index contributed by atoms with van der Waals surface area (Å²) in [6, 6.07) is 4.36. The highest BCUT2D eigenvalue weighted by molar-refractivity contribution is 5.91. The van der Waals surface area contributed by atoms with Crippen LogP contribution in [0.2, 0.25) is 0 Å². The van der Waals surface area contributed by atoms with E-state index >= 15 is 0 Å². The number of methoxy groups -OCH3 is 1. The smallest absolute Gasteiger partial charge is 0.338 e. The fourth-order valence-corrected chi connectivity index (χ4v) is 1.99. The number of morpholine rings is 1. The van der Waals surface area contributed by atoms with Crippen LogP contribution in [0, 0.1) is 10.1 Å². The highest BCUT2D eigenvalue weighted by Crippen LogP contribution is 2.30. The zero-order valence-electron chi connectivity index (χ0n) is 10.5. The molecule has 0 N–H and O–H groups in total. The summed E-state index contributed by atoms with van der Waals surface area (Å²) in [6.07, 6.45) is 0. The number of benzene rings is 1. The van der Waals surface area contributed by atoms with Crippen molar-refractivity contribution in [1.82, 2.24) is 0 Å². The molecule has 1 aliphatic rings. The SMILES string of the molecule is COC(=O)c1ccc(N2CCOCC2)c([N+](=O)[O-])c1. The van der Waals surface area contributed by atoms with Gasteiger partial charge in [0.1, 0.15) is 5.69 Å². The molecule has 19 heavy (non-hydrogen) atoms. The third-order valence-electron chi connectivity index (χ3n) is 2.94. The lowest BCUT2D eigenvalue weighted by Gasteiger charge is -2.28. The summed E-state index contributed by atoms with van der Waals surface area (Å²) in [4.78, 5) is 23.9. The predicted octanol–water partition coefficient (Wildman–Crippen LogP) is 1.22. The Morgan fingerprint density at radius 1 is 1.42 bits per heavy atom. The van der Waals surface area contributed by atoms with Crippen molar-refractivity contribution in [2.24, 2.45) is 0 Å². The zero-order valence-corrected chi connectivity index (χ0v) is 10.5. The number of anilines is 1. The first-order valence-corrected chi connectivity index (χ1v) is 5.83. The summed E-state index contributed by atoms with van der Waals surface area (Å²) in [5.74, 6) is -0.586. The standard InChI is InChI=1S/C12H14N2O5/c1-18-12(15)9-2-3-10(11(8-9)14(16)17)13-4-6-19-7-5-13/h2-3,8H,4-7H2,1H3. The molecule has 0 spiro atoms. The molecule has 1 aromatic rings. The topological polar surface area (TPSA) is 81.9 Å². The Balaban J connectivity index is 2.37. The van der Waals surface area contributed by atoms with Gasteiger partial charge in [0.25, 0.3) is 5.69 Å². The number of hydrogen-bond acceptors (Lipinski definition) is 6. The van der Waals surface area contributed by atoms with E-state index in [0.29, 0.717) is 32.0 Å². The molecule has 0 aromatic heterocycles. The van der Waals surface area contributed by atoms with Gasteiger partial charge in [-0.25, -0.2) is 4.79 Å². The molecule has 1 saturated heterocycles. The van der Waals surface area contributed by atoms with E-state index in [2.05, 4.69) is 4.74 Å². The maximum Gasteiger partial charge on any atom is 0.338 e. The first-order valence-electron chi connectivity index (χ1n) is 5.83. The van der Waals surface area contributed by atoms with E-state index in [1.54, 1.807) is 6.07 Å². The van der Waals surface area contributed by atoms with E-state index in [0.717, 1.165) is 0 Å². The second-order valence-electron chi connectivity index (χ2n) is 4.05. The fraction of sp³-hybridized carbons (Fsp3) is 0.417. The van der Waals surface area contributed by atoms with E-state index in [9.17, 15) is 14.9 Å². The number of carbonyl (C=O) groups excluding carboxylic acids is 1. The molecule has 1 fully saturated rings. The van der Waals surface area contributed by atoms with Gasteiger partial charge in [-0.05, 0) is 12.1 Å². The van der Waals surface area contributed by atoms with E-state index in [1.165, 1.54) is 19.2 Å². The minimum atomic E-state index is -0.586. The van der Waals surface area contributed by atoms with E-state index in [4.69, 9.17) is 4.74 Å². The van der Waals surface area contributed by atoms with Gasteiger partial charge in [-0.15, -0.1) is 0 Å². The predicted molar refractivity (Wildman–Crippen MR) is 67.5 cm³/mol. The van der Waals surface area contributed by atoms with Gasteiger partial charge in [-0.2, -0.15) is 0 Å². The first-order chi connectivity index (χ1) is 9.13. The van der Waals surface area contributed by atoms with Crippen molar-refractivity contribution < 1.29 is 19.2 Å². The Bertz CT molecular complexity index is 497. The van der Waals surface area contributed by atoms with Crippen molar-refractivity contribution >= 4 is 17.3 Å². The molecule has 1 aromatic carbocycles. The average molecular weight is 266 g/mol. The summed E-state index contributed by atoms with van der Waals surface area (Å²) in [6.45, 7) is 2.27. The highest BCUT2D eigenvalue weighted by atomic mass is 16.6. The minimum absolute atomic E-state index is 0.0928. The largest absolute Gasteiger partial charge is 0.465 e. The summed E-state index contributed by atoms with van der Waals surface area (Å²) in [7, 11) is 1.24. The van der Waals surface area contributed by atoms with E-state index < -0.39 is 10.9 Å². The molecule has 0 amide bonds. The molecule has 2 rings (SSSR count). The molecule has 0 bridgehead atoms. The highest BCUT2D eigenvalue weighted by Gasteiger charge is 2.23. The van der Waals surface area contributed by atoms with Crippen molar-refractivity contribution in [2.75, 3.05) is 38.3 Å². The zero-order chi connectivity index (χ0) is 13.8. The van der Waals surface area contributed by atoms with E-state index in [-0.39, 0.29) is 11.3 Å². The van der Waals surface area contributed by atoms with Crippen LogP contribution in [-0.2, 0) is 9.47 Å². The van der Waals surface area contributed by atoms with Crippen molar-refractivity contribution in [1.29, 1.82) is 0 Å². The third-order valence-corrected chi connectivity index (χ3v) is 2.94. The normalized spacial score (nSPS) is 15.1. The molecule has 7 nitrogen and oxygen atoms in total. The lowest BCUT2D eigenvalue weighted by atomic mass is 10.1. The maximum atomic E-state index is 11.4. The molecule has 102 valence electrons. The molecule has 0 aliphatic carbocycles. The van der Waals surface area contributed by atoms with Crippen LogP contribution < -0.4 is 4.90 Å². The van der Waals surface area contributed by atoms with Crippen LogP contribution in [0.3, 0.4) is 0 Å². The van der Waals surface area contributed by atoms with E-state index in [1.807, 2.05) is 4.90 Å². The maximum absolute atomic E-state index is 11.4. The molecule has 0 atom stereocenters. The number of nitrogens with zero attached hydrogens (tertiary/aromatic N) is 2. The Labute approximate surface area is 109 Å². The van der Waals surface area contributed by atoms with Gasteiger partial charge in [0.2, 0.25) is 0 Å². The average Bonchev–Trinajstić information content (AvgIpc) is 2.46. The molecule has 0 saturated carbocycles. The summed E-state index contributed by atoms with van der Waals surface area (Å²) >= 11 is 0. The number of esters is 1. The Morgan fingerprint density at radius 3 is 2.68 bits per heavy atom. The van der Waals surface area contributed by atoms with Gasteiger partial charge in [0.15, 0.2) is 0 Å². The van der Waals surface area contributed by atoms with Gasteiger partial charge >= 0.3 is 5.97 Å². The van der Waals surface area contributed by atoms with Crippen LogP contribution in [0.25, 0.3) is 0 Å². The summed E-state index contributed by atoms with van der Waals surface area (Å²) in [5, 5.41) is 11.1. The number of nitro groups is 1. The van der Waals surface area contributed by atoms with Gasteiger partial charge < -0.3 is 14.4 Å². The van der Waals surface area contributed by atoms with Crippen LogP contribution in [0.5, 0.6) is 0 Å².